The normalized spacial score (nSPS) is 19.3. The molecule has 1 aliphatic rings. The number of halogens is 1. The van der Waals surface area contributed by atoms with Crippen molar-refractivity contribution >= 4 is 21.8 Å². The van der Waals surface area contributed by atoms with Crippen molar-refractivity contribution in [2.24, 2.45) is 0 Å². The lowest BCUT2D eigenvalue weighted by Crippen LogP contribution is -2.46. The van der Waals surface area contributed by atoms with Gasteiger partial charge in [-0.25, -0.2) is 0 Å². The molecule has 1 amide bonds. The van der Waals surface area contributed by atoms with Gasteiger partial charge in [-0.3, -0.25) is 4.79 Å². The van der Waals surface area contributed by atoms with Gasteiger partial charge in [0.05, 0.1) is 4.47 Å². The van der Waals surface area contributed by atoms with Gasteiger partial charge in [-0.2, -0.15) is 0 Å². The maximum atomic E-state index is 11.3. The van der Waals surface area contributed by atoms with Crippen LogP contribution in [0.5, 0.6) is 5.75 Å². The predicted molar refractivity (Wildman–Crippen MR) is 86.7 cm³/mol. The molecule has 0 radical (unpaired) electrons. The summed E-state index contributed by atoms with van der Waals surface area (Å²) in [6, 6.07) is 17.6. The summed E-state index contributed by atoms with van der Waals surface area (Å²) >= 11 is 3.50. The van der Waals surface area contributed by atoms with E-state index in [1.165, 1.54) is 0 Å². The van der Waals surface area contributed by atoms with Gasteiger partial charge in [0.15, 0.2) is 6.10 Å². The molecule has 4 nitrogen and oxygen atoms in total. The molecular weight excluding hydrogens is 346 g/mol. The largest absolute Gasteiger partial charge is 0.482 e. The topological polar surface area (TPSA) is 47.6 Å². The first-order chi connectivity index (χ1) is 10.7. The molecule has 2 aromatic carbocycles. The van der Waals surface area contributed by atoms with Gasteiger partial charge in [0.2, 0.25) is 5.91 Å². The summed E-state index contributed by atoms with van der Waals surface area (Å²) in [5, 5.41) is 2.83. The van der Waals surface area contributed by atoms with Crippen LogP contribution >= 0.6 is 15.9 Å². The molecular formula is C17H16BrNO3. The van der Waals surface area contributed by atoms with Crippen molar-refractivity contribution < 1.29 is 14.3 Å². The molecule has 5 heteroatoms. The van der Waals surface area contributed by atoms with E-state index >= 15 is 0 Å². The number of morpholine rings is 1. The molecule has 1 heterocycles. The van der Waals surface area contributed by atoms with Crippen molar-refractivity contribution in [2.45, 2.75) is 12.2 Å². The Bertz CT molecular complexity index is 637. The number of hydrogen-bond donors (Lipinski definition) is 1. The first kappa shape index (κ1) is 15.1. The van der Waals surface area contributed by atoms with Crippen molar-refractivity contribution in [3.63, 3.8) is 0 Å². The minimum absolute atomic E-state index is 0.0628. The maximum absolute atomic E-state index is 11.3. The molecule has 0 aromatic heterocycles. The van der Waals surface area contributed by atoms with Crippen molar-refractivity contribution in [1.82, 2.24) is 5.32 Å². The highest BCUT2D eigenvalue weighted by Gasteiger charge is 2.30. The van der Waals surface area contributed by atoms with Crippen LogP contribution in [0.4, 0.5) is 0 Å². The van der Waals surface area contributed by atoms with Gasteiger partial charge in [-0.1, -0.05) is 42.5 Å². The van der Waals surface area contributed by atoms with Crippen LogP contribution in [-0.4, -0.2) is 25.2 Å². The highest BCUT2D eigenvalue weighted by Crippen LogP contribution is 2.32. The fraction of sp³-hybridized carbons (Fsp3) is 0.235. The molecule has 0 saturated carbocycles. The second kappa shape index (κ2) is 6.94. The van der Waals surface area contributed by atoms with E-state index in [-0.39, 0.29) is 24.7 Å². The number of hydrogen-bond acceptors (Lipinski definition) is 3. The van der Waals surface area contributed by atoms with Crippen molar-refractivity contribution in [3.05, 3.63) is 64.6 Å². The molecule has 1 fully saturated rings. The molecule has 0 spiro atoms. The van der Waals surface area contributed by atoms with Gasteiger partial charge in [0.25, 0.3) is 0 Å². The number of rotatable bonds is 4. The third kappa shape index (κ3) is 3.48. The van der Waals surface area contributed by atoms with Crippen LogP contribution in [-0.2, 0) is 9.53 Å². The van der Waals surface area contributed by atoms with Crippen LogP contribution in [0.3, 0.4) is 0 Å². The van der Waals surface area contributed by atoms with Crippen LogP contribution < -0.4 is 10.1 Å². The molecule has 22 heavy (non-hydrogen) atoms. The van der Waals surface area contributed by atoms with E-state index in [9.17, 15) is 4.79 Å². The standard InChI is InChI=1S/C17H16BrNO3/c18-13-8-4-5-9-14(13)22-17(12-6-2-1-3-7-12)15-10-19-16(20)11-21-15/h1-9,15,17H,10-11H2,(H,19,20)/t15?,17-/m0/s1. The SMILES string of the molecule is O=C1COC([C@@H](Oc2ccccc2Br)c2ccccc2)CN1. The highest BCUT2D eigenvalue weighted by molar-refractivity contribution is 9.10. The van der Waals surface area contributed by atoms with Crippen LogP contribution in [0, 0.1) is 0 Å². The third-order valence-electron chi connectivity index (χ3n) is 3.49. The summed E-state index contributed by atoms with van der Waals surface area (Å²) < 4.78 is 12.7. The van der Waals surface area contributed by atoms with E-state index in [0.29, 0.717) is 6.54 Å². The molecule has 1 N–H and O–H groups in total. The van der Waals surface area contributed by atoms with Crippen molar-refractivity contribution in [1.29, 1.82) is 0 Å². The number of nitrogens with one attached hydrogen (secondary N) is 1. The van der Waals surface area contributed by atoms with E-state index in [1.54, 1.807) is 0 Å². The van der Waals surface area contributed by atoms with E-state index < -0.39 is 0 Å². The number of carbonyl (C=O) groups is 1. The second-order valence-corrected chi connectivity index (χ2v) is 5.89. The van der Waals surface area contributed by atoms with Crippen molar-refractivity contribution in [3.8, 4) is 5.75 Å². The number of benzene rings is 2. The number of carbonyl (C=O) groups excluding carboxylic acids is 1. The van der Waals surface area contributed by atoms with E-state index in [2.05, 4.69) is 21.2 Å². The van der Waals surface area contributed by atoms with E-state index in [0.717, 1.165) is 15.8 Å². The highest BCUT2D eigenvalue weighted by atomic mass is 79.9. The Morgan fingerprint density at radius 2 is 1.86 bits per heavy atom. The lowest BCUT2D eigenvalue weighted by atomic mass is 10.0. The van der Waals surface area contributed by atoms with Crippen molar-refractivity contribution in [2.75, 3.05) is 13.2 Å². The van der Waals surface area contributed by atoms with Gasteiger partial charge in [-0.15, -0.1) is 0 Å². The van der Waals surface area contributed by atoms with E-state index in [1.807, 2.05) is 54.6 Å². The monoisotopic (exact) mass is 361 g/mol. The molecule has 114 valence electrons. The smallest absolute Gasteiger partial charge is 0.246 e. The first-order valence-electron chi connectivity index (χ1n) is 7.08. The summed E-state index contributed by atoms with van der Waals surface area (Å²) in [4.78, 5) is 11.3. The summed E-state index contributed by atoms with van der Waals surface area (Å²) in [5.41, 5.74) is 1.01. The molecule has 0 aliphatic carbocycles. The average Bonchev–Trinajstić information content (AvgIpc) is 2.56. The summed E-state index contributed by atoms with van der Waals surface area (Å²) in [7, 11) is 0. The first-order valence-corrected chi connectivity index (χ1v) is 7.88. The lowest BCUT2D eigenvalue weighted by Gasteiger charge is -2.31. The Balaban J connectivity index is 1.86. The number of para-hydroxylation sites is 1. The summed E-state index contributed by atoms with van der Waals surface area (Å²) in [6.07, 6.45) is -0.521. The minimum atomic E-state index is -0.291. The second-order valence-electron chi connectivity index (χ2n) is 5.03. The zero-order chi connectivity index (χ0) is 15.4. The Kier molecular flexibility index (Phi) is 4.75. The number of amides is 1. The van der Waals surface area contributed by atoms with Gasteiger partial charge >= 0.3 is 0 Å². The number of ether oxygens (including phenoxy) is 2. The van der Waals surface area contributed by atoms with Crippen LogP contribution in [0.2, 0.25) is 0 Å². The molecule has 3 rings (SSSR count). The Morgan fingerprint density at radius 3 is 2.55 bits per heavy atom. The fourth-order valence-electron chi connectivity index (χ4n) is 2.38. The molecule has 2 aromatic rings. The zero-order valence-corrected chi connectivity index (χ0v) is 13.5. The Labute approximate surface area is 137 Å². The molecule has 1 unspecified atom stereocenters. The summed E-state index contributed by atoms with van der Waals surface area (Å²) in [6.45, 7) is 0.496. The molecule has 0 bridgehead atoms. The molecule has 2 atom stereocenters. The van der Waals surface area contributed by atoms with Gasteiger partial charge in [-0.05, 0) is 33.6 Å². The average molecular weight is 362 g/mol. The zero-order valence-electron chi connectivity index (χ0n) is 11.9. The Morgan fingerprint density at radius 1 is 1.14 bits per heavy atom. The fourth-order valence-corrected chi connectivity index (χ4v) is 2.76. The minimum Gasteiger partial charge on any atom is -0.482 e. The lowest BCUT2D eigenvalue weighted by molar-refractivity contribution is -0.137. The van der Waals surface area contributed by atoms with Crippen LogP contribution in [0.15, 0.2) is 59.1 Å². The van der Waals surface area contributed by atoms with Crippen LogP contribution in [0.25, 0.3) is 0 Å². The van der Waals surface area contributed by atoms with Gasteiger partial charge in [0, 0.05) is 6.54 Å². The van der Waals surface area contributed by atoms with Crippen LogP contribution in [0.1, 0.15) is 11.7 Å². The predicted octanol–water partition coefficient (Wildman–Crippen LogP) is 3.08. The maximum Gasteiger partial charge on any atom is 0.246 e. The summed E-state index contributed by atoms with van der Waals surface area (Å²) in [5.74, 6) is 0.654. The quantitative estimate of drug-likeness (QED) is 0.910. The van der Waals surface area contributed by atoms with Gasteiger partial charge < -0.3 is 14.8 Å². The third-order valence-corrected chi connectivity index (χ3v) is 4.14. The van der Waals surface area contributed by atoms with Gasteiger partial charge in [0.1, 0.15) is 18.5 Å². The molecule has 1 aliphatic heterocycles. The van der Waals surface area contributed by atoms with E-state index in [4.69, 9.17) is 9.47 Å². The Hall–Kier alpha value is -1.85. The molecule has 1 saturated heterocycles.